The summed E-state index contributed by atoms with van der Waals surface area (Å²) in [6, 6.07) is 1.55. The molecular weight excluding hydrogens is 220 g/mol. The summed E-state index contributed by atoms with van der Waals surface area (Å²) in [5.41, 5.74) is 12.6. The van der Waals surface area contributed by atoms with Crippen LogP contribution in [0.25, 0.3) is 5.82 Å². The van der Waals surface area contributed by atoms with Gasteiger partial charge in [0.2, 0.25) is 0 Å². The molecule has 0 unspecified atom stereocenters. The summed E-state index contributed by atoms with van der Waals surface area (Å²) in [5.74, 6) is 0.0825. The van der Waals surface area contributed by atoms with E-state index in [1.54, 1.807) is 16.9 Å². The van der Waals surface area contributed by atoms with Gasteiger partial charge in [0.15, 0.2) is 5.82 Å². The molecule has 0 fully saturated rings. The zero-order chi connectivity index (χ0) is 12.6. The largest absolute Gasteiger partial charge is 0.394 e. The van der Waals surface area contributed by atoms with E-state index in [4.69, 9.17) is 11.5 Å². The minimum atomic E-state index is -0.568. The monoisotopic (exact) mass is 234 g/mol. The van der Waals surface area contributed by atoms with Crippen molar-refractivity contribution in [1.82, 2.24) is 19.6 Å². The highest BCUT2D eigenvalue weighted by molar-refractivity contribution is 5.90. The quantitative estimate of drug-likeness (QED) is 0.784. The van der Waals surface area contributed by atoms with E-state index < -0.39 is 5.91 Å². The number of anilines is 1. The molecule has 0 saturated heterocycles. The SMILES string of the molecule is CCn1nc(C)c(N)c1-n1ccc(C(N)=O)n1. The molecule has 0 aliphatic rings. The third-order valence-electron chi connectivity index (χ3n) is 2.50. The first-order chi connectivity index (χ1) is 8.04. The average molecular weight is 234 g/mol. The number of hydrogen-bond acceptors (Lipinski definition) is 4. The Hall–Kier alpha value is -2.31. The van der Waals surface area contributed by atoms with Crippen LogP contribution in [0, 0.1) is 6.92 Å². The molecule has 0 saturated carbocycles. The zero-order valence-corrected chi connectivity index (χ0v) is 9.71. The second-order valence-electron chi connectivity index (χ2n) is 3.65. The normalized spacial score (nSPS) is 10.7. The van der Waals surface area contributed by atoms with Gasteiger partial charge in [0.25, 0.3) is 5.91 Å². The first-order valence-electron chi connectivity index (χ1n) is 5.23. The fourth-order valence-corrected chi connectivity index (χ4v) is 1.62. The lowest BCUT2D eigenvalue weighted by molar-refractivity contribution is 0.0995. The number of nitrogens with two attached hydrogens (primary N) is 2. The molecule has 17 heavy (non-hydrogen) atoms. The number of nitrogens with zero attached hydrogens (tertiary/aromatic N) is 4. The Morgan fingerprint density at radius 1 is 1.47 bits per heavy atom. The first kappa shape index (κ1) is 11.2. The van der Waals surface area contributed by atoms with Crippen molar-refractivity contribution in [3.8, 4) is 5.82 Å². The third kappa shape index (κ3) is 1.75. The number of hydrogen-bond donors (Lipinski definition) is 2. The van der Waals surface area contributed by atoms with Crippen molar-refractivity contribution >= 4 is 11.6 Å². The number of carbonyl (C=O) groups is 1. The Morgan fingerprint density at radius 3 is 2.71 bits per heavy atom. The van der Waals surface area contributed by atoms with Crippen LogP contribution in [0.4, 0.5) is 5.69 Å². The molecule has 0 atom stereocenters. The van der Waals surface area contributed by atoms with E-state index in [9.17, 15) is 4.79 Å². The van der Waals surface area contributed by atoms with E-state index in [-0.39, 0.29) is 5.69 Å². The summed E-state index contributed by atoms with van der Waals surface area (Å²) in [6.45, 7) is 4.44. The molecule has 0 aliphatic heterocycles. The van der Waals surface area contributed by atoms with Crippen molar-refractivity contribution in [2.24, 2.45) is 5.73 Å². The maximum atomic E-state index is 11.0. The van der Waals surface area contributed by atoms with Crippen molar-refractivity contribution in [3.05, 3.63) is 23.7 Å². The number of primary amides is 1. The van der Waals surface area contributed by atoms with E-state index in [0.717, 1.165) is 5.69 Å². The second kappa shape index (κ2) is 3.93. The van der Waals surface area contributed by atoms with Crippen LogP contribution in [0.3, 0.4) is 0 Å². The molecule has 2 aromatic heterocycles. The Kier molecular flexibility index (Phi) is 2.58. The minimum absolute atomic E-state index is 0.200. The van der Waals surface area contributed by atoms with Crippen LogP contribution in [-0.2, 0) is 6.54 Å². The van der Waals surface area contributed by atoms with Gasteiger partial charge < -0.3 is 11.5 Å². The minimum Gasteiger partial charge on any atom is -0.394 e. The number of nitrogen functional groups attached to an aromatic ring is 1. The molecule has 4 N–H and O–H groups in total. The average Bonchev–Trinajstić information content (AvgIpc) is 2.85. The lowest BCUT2D eigenvalue weighted by Crippen LogP contribution is -2.13. The number of aromatic nitrogens is 4. The maximum Gasteiger partial charge on any atom is 0.269 e. The molecule has 0 spiro atoms. The van der Waals surface area contributed by atoms with Crippen molar-refractivity contribution in [2.75, 3.05) is 5.73 Å². The summed E-state index contributed by atoms with van der Waals surface area (Å²) in [7, 11) is 0. The number of amides is 1. The third-order valence-corrected chi connectivity index (χ3v) is 2.50. The highest BCUT2D eigenvalue weighted by Crippen LogP contribution is 2.20. The van der Waals surface area contributed by atoms with Crippen LogP contribution in [0.2, 0.25) is 0 Å². The predicted octanol–water partition coefficient (Wildman–Crippen LogP) is 0.0782. The highest BCUT2D eigenvalue weighted by atomic mass is 16.1. The Labute approximate surface area is 98.0 Å². The summed E-state index contributed by atoms with van der Waals surface area (Å²) in [5, 5.41) is 8.34. The van der Waals surface area contributed by atoms with Gasteiger partial charge in [-0.05, 0) is 19.9 Å². The summed E-state index contributed by atoms with van der Waals surface area (Å²) in [4.78, 5) is 11.0. The second-order valence-corrected chi connectivity index (χ2v) is 3.65. The topological polar surface area (TPSA) is 105 Å². The van der Waals surface area contributed by atoms with Crippen molar-refractivity contribution in [1.29, 1.82) is 0 Å². The Morgan fingerprint density at radius 2 is 2.18 bits per heavy atom. The van der Waals surface area contributed by atoms with Gasteiger partial charge in [0.05, 0.1) is 11.4 Å². The van der Waals surface area contributed by atoms with Gasteiger partial charge in [-0.25, -0.2) is 9.36 Å². The Balaban J connectivity index is 2.55. The fraction of sp³-hybridized carbons (Fsp3) is 0.300. The molecule has 1 amide bonds. The van der Waals surface area contributed by atoms with E-state index >= 15 is 0 Å². The molecule has 7 nitrogen and oxygen atoms in total. The summed E-state index contributed by atoms with van der Waals surface area (Å²) in [6.07, 6.45) is 1.64. The first-order valence-corrected chi connectivity index (χ1v) is 5.23. The van der Waals surface area contributed by atoms with Gasteiger partial charge in [-0.3, -0.25) is 4.79 Å². The van der Waals surface area contributed by atoms with Crippen LogP contribution >= 0.6 is 0 Å². The molecular formula is C10H14N6O. The van der Waals surface area contributed by atoms with Crippen molar-refractivity contribution < 1.29 is 4.79 Å². The molecule has 0 radical (unpaired) electrons. The Bertz CT molecular complexity index is 567. The molecule has 90 valence electrons. The van der Waals surface area contributed by atoms with Crippen molar-refractivity contribution in [2.45, 2.75) is 20.4 Å². The van der Waals surface area contributed by atoms with E-state index in [0.29, 0.717) is 18.1 Å². The van der Waals surface area contributed by atoms with Crippen molar-refractivity contribution in [3.63, 3.8) is 0 Å². The van der Waals surface area contributed by atoms with Crippen LogP contribution in [0.5, 0.6) is 0 Å². The molecule has 7 heteroatoms. The molecule has 0 aromatic carbocycles. The maximum absolute atomic E-state index is 11.0. The number of rotatable bonds is 3. The molecule has 2 heterocycles. The summed E-state index contributed by atoms with van der Waals surface area (Å²) >= 11 is 0. The molecule has 2 rings (SSSR count). The van der Waals surface area contributed by atoms with Crippen LogP contribution in [0.15, 0.2) is 12.3 Å². The lowest BCUT2D eigenvalue weighted by atomic mass is 10.4. The zero-order valence-electron chi connectivity index (χ0n) is 9.71. The van der Waals surface area contributed by atoms with Gasteiger partial charge in [-0.1, -0.05) is 0 Å². The lowest BCUT2D eigenvalue weighted by Gasteiger charge is -2.05. The van der Waals surface area contributed by atoms with Gasteiger partial charge in [0.1, 0.15) is 5.69 Å². The number of aryl methyl sites for hydroxylation is 2. The highest BCUT2D eigenvalue weighted by Gasteiger charge is 2.15. The van der Waals surface area contributed by atoms with Crippen LogP contribution in [-0.4, -0.2) is 25.5 Å². The summed E-state index contributed by atoms with van der Waals surface area (Å²) < 4.78 is 3.24. The van der Waals surface area contributed by atoms with E-state index in [2.05, 4.69) is 10.2 Å². The van der Waals surface area contributed by atoms with Gasteiger partial charge in [0, 0.05) is 12.7 Å². The van der Waals surface area contributed by atoms with Crippen LogP contribution < -0.4 is 11.5 Å². The predicted molar refractivity (Wildman–Crippen MR) is 62.7 cm³/mol. The number of carbonyl (C=O) groups excluding carboxylic acids is 1. The van der Waals surface area contributed by atoms with E-state index in [1.165, 1.54) is 4.68 Å². The van der Waals surface area contributed by atoms with E-state index in [1.807, 2.05) is 13.8 Å². The van der Waals surface area contributed by atoms with Gasteiger partial charge >= 0.3 is 0 Å². The smallest absolute Gasteiger partial charge is 0.269 e. The van der Waals surface area contributed by atoms with Gasteiger partial charge in [-0.15, -0.1) is 0 Å². The van der Waals surface area contributed by atoms with Crippen LogP contribution in [0.1, 0.15) is 23.1 Å². The molecule has 0 aliphatic carbocycles. The molecule has 2 aromatic rings. The standard InChI is InChI=1S/C10H14N6O/c1-3-15-10(8(11)6(2)13-15)16-5-4-7(14-16)9(12)17/h4-5H,3,11H2,1-2H3,(H2,12,17). The fourth-order valence-electron chi connectivity index (χ4n) is 1.62. The molecule has 0 bridgehead atoms. The van der Waals surface area contributed by atoms with Gasteiger partial charge in [-0.2, -0.15) is 10.2 Å².